The fourth-order valence-corrected chi connectivity index (χ4v) is 6.62. The highest BCUT2D eigenvalue weighted by molar-refractivity contribution is 6.09. The number of hydrogen-bond acceptors (Lipinski definition) is 7. The maximum absolute atomic E-state index is 13.4. The van der Waals surface area contributed by atoms with Crippen LogP contribution >= 0.6 is 0 Å². The molecule has 0 bridgehead atoms. The molecule has 2 amide bonds. The number of hydrogen-bond donors (Lipinski definition) is 4. The van der Waals surface area contributed by atoms with Crippen molar-refractivity contribution in [1.29, 1.82) is 10.8 Å². The molecule has 2 atom stereocenters. The first-order valence-electron chi connectivity index (χ1n) is 17.1. The minimum atomic E-state index is -0.309. The van der Waals surface area contributed by atoms with Gasteiger partial charge in [-0.2, -0.15) is 0 Å². The summed E-state index contributed by atoms with van der Waals surface area (Å²) in [6.07, 6.45) is 13.6. The summed E-state index contributed by atoms with van der Waals surface area (Å²) in [6.45, 7) is 11.3. The van der Waals surface area contributed by atoms with Crippen LogP contribution in [0.4, 0.5) is 4.79 Å². The van der Waals surface area contributed by atoms with Gasteiger partial charge in [-0.3, -0.25) is 20.6 Å². The van der Waals surface area contributed by atoms with Crippen LogP contribution in [-0.2, 0) is 9.47 Å². The molecule has 2 heterocycles. The molecule has 2 aliphatic carbocycles. The Balaban J connectivity index is 1.22. The van der Waals surface area contributed by atoms with E-state index in [1.54, 1.807) is 0 Å². The third-order valence-electron chi connectivity index (χ3n) is 9.52. The van der Waals surface area contributed by atoms with Gasteiger partial charge in [0.15, 0.2) is 0 Å². The molecule has 0 aromatic heterocycles. The van der Waals surface area contributed by atoms with Crippen molar-refractivity contribution < 1.29 is 14.3 Å². The fraction of sp³-hybridized carbons (Fsp3) is 0.611. The van der Waals surface area contributed by atoms with Gasteiger partial charge in [-0.25, -0.2) is 4.79 Å². The number of fused-ring (bicyclic) bond motifs is 1. The lowest BCUT2D eigenvalue weighted by Gasteiger charge is -2.34. The number of benzene rings is 1. The molecule has 1 aromatic carbocycles. The molecule has 4 aliphatic rings. The third kappa shape index (κ3) is 9.28. The molecule has 10 nitrogen and oxygen atoms in total. The molecule has 10 heteroatoms. The summed E-state index contributed by atoms with van der Waals surface area (Å²) in [4.78, 5) is 22.5. The van der Waals surface area contributed by atoms with Gasteiger partial charge in [0.25, 0.3) is 0 Å². The number of carbonyl (C=O) groups is 1. The lowest BCUT2D eigenvalue weighted by atomic mass is 9.85. The van der Waals surface area contributed by atoms with E-state index in [0.29, 0.717) is 42.8 Å². The SMILES string of the molecule is CC(C)(C)C(=N)CC(=NCCN1CCOCC1)NC(=O)NC1CCC(OC2=CN(C(=N)C3CCCCC3)CC=C2)c2ccccc21. The predicted octanol–water partition coefficient (Wildman–Crippen LogP) is 6.34. The highest BCUT2D eigenvalue weighted by Gasteiger charge is 2.31. The fourth-order valence-electron chi connectivity index (χ4n) is 6.62. The van der Waals surface area contributed by atoms with Crippen molar-refractivity contribution in [3.05, 3.63) is 59.5 Å². The molecule has 2 unspecified atom stereocenters. The van der Waals surface area contributed by atoms with Gasteiger partial charge in [-0.15, -0.1) is 0 Å². The first kappa shape index (κ1) is 33.9. The molecule has 1 saturated heterocycles. The van der Waals surface area contributed by atoms with E-state index in [1.165, 1.54) is 19.3 Å². The van der Waals surface area contributed by atoms with E-state index < -0.39 is 0 Å². The van der Waals surface area contributed by atoms with Crippen LogP contribution < -0.4 is 10.6 Å². The Hall–Kier alpha value is -3.50. The monoisotopic (exact) mass is 631 g/mol. The Bertz CT molecular complexity index is 1320. The first-order chi connectivity index (χ1) is 22.2. The van der Waals surface area contributed by atoms with Crippen LogP contribution in [0.15, 0.2) is 53.4 Å². The Labute approximate surface area is 274 Å². The van der Waals surface area contributed by atoms with Crippen molar-refractivity contribution in [3.63, 3.8) is 0 Å². The highest BCUT2D eigenvalue weighted by atomic mass is 16.5. The molecular weight excluding hydrogens is 578 g/mol. The summed E-state index contributed by atoms with van der Waals surface area (Å²) in [6, 6.07) is 7.71. The zero-order valence-corrected chi connectivity index (χ0v) is 27.9. The quantitative estimate of drug-likeness (QED) is 0.187. The maximum Gasteiger partial charge on any atom is 0.320 e. The Morgan fingerprint density at radius 3 is 2.52 bits per heavy atom. The second kappa shape index (κ2) is 15.9. The van der Waals surface area contributed by atoms with Crippen molar-refractivity contribution in [3.8, 4) is 0 Å². The number of aliphatic imine (C=N–C) groups is 1. The summed E-state index contributed by atoms with van der Waals surface area (Å²) >= 11 is 0. The van der Waals surface area contributed by atoms with Crippen molar-refractivity contribution in [2.24, 2.45) is 16.3 Å². The number of amidine groups is 2. The zero-order valence-electron chi connectivity index (χ0n) is 27.9. The van der Waals surface area contributed by atoms with E-state index in [4.69, 9.17) is 25.3 Å². The average molecular weight is 632 g/mol. The summed E-state index contributed by atoms with van der Waals surface area (Å²) < 4.78 is 12.0. The number of carbonyl (C=O) groups excluding carboxylic acids is 1. The number of rotatable bonds is 9. The summed E-state index contributed by atoms with van der Waals surface area (Å²) in [5, 5.41) is 23.6. The lowest BCUT2D eigenvalue weighted by Crippen LogP contribution is -2.44. The van der Waals surface area contributed by atoms with E-state index in [9.17, 15) is 4.79 Å². The molecule has 250 valence electrons. The van der Waals surface area contributed by atoms with Crippen LogP contribution in [0.1, 0.15) is 95.4 Å². The maximum atomic E-state index is 13.4. The van der Waals surface area contributed by atoms with Gasteiger partial charge in [0.05, 0.1) is 25.8 Å². The summed E-state index contributed by atoms with van der Waals surface area (Å²) in [7, 11) is 0. The van der Waals surface area contributed by atoms with Crippen LogP contribution in [-0.4, -0.2) is 79.2 Å². The zero-order chi connectivity index (χ0) is 32.5. The van der Waals surface area contributed by atoms with Crippen LogP contribution in [0.2, 0.25) is 0 Å². The predicted molar refractivity (Wildman–Crippen MR) is 184 cm³/mol. The number of nitrogens with zero attached hydrogens (tertiary/aromatic N) is 3. The van der Waals surface area contributed by atoms with Crippen molar-refractivity contribution >= 4 is 23.4 Å². The number of allylic oxidation sites excluding steroid dienone is 1. The minimum absolute atomic E-state index is 0.137. The van der Waals surface area contributed by atoms with Gasteiger partial charge in [0.2, 0.25) is 0 Å². The van der Waals surface area contributed by atoms with Gasteiger partial charge >= 0.3 is 6.03 Å². The molecule has 2 aliphatic heterocycles. The van der Waals surface area contributed by atoms with E-state index in [1.807, 2.05) is 50.1 Å². The van der Waals surface area contributed by atoms with Gasteiger partial charge in [0, 0.05) is 50.4 Å². The average Bonchev–Trinajstić information content (AvgIpc) is 3.06. The van der Waals surface area contributed by atoms with Crippen LogP contribution in [0, 0.1) is 22.2 Å². The molecular formula is C36H53N7O3. The smallest absolute Gasteiger partial charge is 0.320 e. The van der Waals surface area contributed by atoms with E-state index in [-0.39, 0.29) is 23.6 Å². The second-order valence-electron chi connectivity index (χ2n) is 14.0. The first-order valence-corrected chi connectivity index (χ1v) is 17.1. The van der Waals surface area contributed by atoms with Crippen molar-refractivity contribution in [1.82, 2.24) is 20.4 Å². The molecule has 4 N–H and O–H groups in total. The van der Waals surface area contributed by atoms with Gasteiger partial charge in [-0.05, 0) is 48.3 Å². The Morgan fingerprint density at radius 2 is 1.78 bits per heavy atom. The number of urea groups is 1. The van der Waals surface area contributed by atoms with Crippen molar-refractivity contribution in [2.45, 2.75) is 84.3 Å². The number of ether oxygens (including phenoxy) is 2. The number of amides is 2. The standard InChI is InChI=1S/C36H53N7O3/c1-36(2,3)32(37)24-33(39-17-19-42-20-22-45-23-21-42)41-35(44)40-30-15-16-31(29-14-8-7-13-28(29)30)46-27-12-9-18-43(25-27)34(38)26-10-5-4-6-11-26/h7-9,12-14,25-26,30-31,37-38H,4-6,10-11,15-24H2,1-3H3,(H2,39,40,41,44). The molecule has 0 spiro atoms. The van der Waals surface area contributed by atoms with Crippen LogP contribution in [0.25, 0.3) is 0 Å². The van der Waals surface area contributed by atoms with E-state index in [0.717, 1.165) is 75.4 Å². The number of nitrogens with one attached hydrogen (secondary N) is 4. The van der Waals surface area contributed by atoms with E-state index in [2.05, 4.69) is 33.7 Å². The van der Waals surface area contributed by atoms with Gasteiger partial charge in [0.1, 0.15) is 23.5 Å². The molecule has 5 rings (SSSR count). The molecule has 1 aromatic rings. The lowest BCUT2D eigenvalue weighted by molar-refractivity contribution is 0.0394. The largest absolute Gasteiger partial charge is 0.484 e. The van der Waals surface area contributed by atoms with Crippen LogP contribution in [0.3, 0.4) is 0 Å². The van der Waals surface area contributed by atoms with Gasteiger partial charge in [-0.1, -0.05) is 70.4 Å². The molecule has 0 radical (unpaired) electrons. The summed E-state index contributed by atoms with van der Waals surface area (Å²) in [5.41, 5.74) is 2.34. The Morgan fingerprint density at radius 1 is 1.04 bits per heavy atom. The van der Waals surface area contributed by atoms with E-state index >= 15 is 0 Å². The number of morpholine rings is 1. The normalized spacial score (nSPS) is 22.9. The Kier molecular flexibility index (Phi) is 11.7. The second-order valence-corrected chi connectivity index (χ2v) is 14.0. The molecule has 46 heavy (non-hydrogen) atoms. The topological polar surface area (TPSA) is 126 Å². The summed E-state index contributed by atoms with van der Waals surface area (Å²) in [5.74, 6) is 2.33. The molecule has 1 saturated carbocycles. The minimum Gasteiger partial charge on any atom is -0.484 e. The van der Waals surface area contributed by atoms with Gasteiger partial charge < -0.3 is 25.1 Å². The molecule has 2 fully saturated rings. The third-order valence-corrected chi connectivity index (χ3v) is 9.52. The highest BCUT2D eigenvalue weighted by Crippen LogP contribution is 2.39. The van der Waals surface area contributed by atoms with Crippen molar-refractivity contribution in [2.75, 3.05) is 45.9 Å². The van der Waals surface area contributed by atoms with Crippen LogP contribution in [0.5, 0.6) is 0 Å².